The molecular weight excluding hydrogens is 248 g/mol. The lowest BCUT2D eigenvalue weighted by atomic mass is 9.65. The molecule has 3 aliphatic rings. The van der Waals surface area contributed by atoms with Gasteiger partial charge in [0.1, 0.15) is 0 Å². The van der Waals surface area contributed by atoms with E-state index in [0.717, 1.165) is 35.5 Å². The highest BCUT2D eigenvalue weighted by Crippen LogP contribution is 2.64. The molecule has 0 amide bonds. The molecular formula is C18H32S. The molecule has 1 heteroatoms. The molecule has 19 heavy (non-hydrogen) atoms. The van der Waals surface area contributed by atoms with Gasteiger partial charge in [0.2, 0.25) is 0 Å². The van der Waals surface area contributed by atoms with Crippen LogP contribution in [0.3, 0.4) is 0 Å². The Morgan fingerprint density at radius 1 is 0.947 bits per heavy atom. The Bertz CT molecular complexity index is 322. The predicted octanol–water partition coefficient (Wildman–Crippen LogP) is 5.47. The van der Waals surface area contributed by atoms with Crippen LogP contribution in [-0.2, 0) is 0 Å². The highest BCUT2D eigenvalue weighted by Gasteiger charge is 2.56. The van der Waals surface area contributed by atoms with E-state index in [1.54, 1.807) is 19.3 Å². The highest BCUT2D eigenvalue weighted by molar-refractivity contribution is 7.98. The Morgan fingerprint density at radius 2 is 1.58 bits per heavy atom. The lowest BCUT2D eigenvalue weighted by molar-refractivity contribution is 0.0977. The molecule has 6 atom stereocenters. The van der Waals surface area contributed by atoms with Gasteiger partial charge in [0.15, 0.2) is 0 Å². The van der Waals surface area contributed by atoms with Crippen molar-refractivity contribution in [2.24, 2.45) is 40.9 Å². The normalized spacial score (nSPS) is 48.6. The number of thioether (sulfide) groups is 1. The quantitative estimate of drug-likeness (QED) is 0.646. The van der Waals surface area contributed by atoms with Gasteiger partial charge in [-0.3, -0.25) is 0 Å². The van der Waals surface area contributed by atoms with Gasteiger partial charge in [0.25, 0.3) is 0 Å². The molecule has 0 N–H and O–H groups in total. The number of fused-ring (bicyclic) bond motifs is 3. The van der Waals surface area contributed by atoms with Crippen molar-refractivity contribution in [1.82, 2.24) is 0 Å². The van der Waals surface area contributed by atoms with Crippen molar-refractivity contribution in [1.29, 1.82) is 0 Å². The maximum Gasteiger partial charge on any atom is -0.00418 e. The molecule has 110 valence electrons. The predicted molar refractivity (Wildman–Crippen MR) is 86.5 cm³/mol. The van der Waals surface area contributed by atoms with Gasteiger partial charge in [0, 0.05) is 0 Å². The maximum atomic E-state index is 2.62. The summed E-state index contributed by atoms with van der Waals surface area (Å²) in [6, 6.07) is 0. The molecule has 3 fully saturated rings. The number of rotatable bonds is 2. The van der Waals surface area contributed by atoms with E-state index in [2.05, 4.69) is 38.8 Å². The fourth-order valence-electron chi connectivity index (χ4n) is 6.08. The van der Waals surface area contributed by atoms with Gasteiger partial charge in [-0.25, -0.2) is 0 Å². The first-order valence-electron chi connectivity index (χ1n) is 8.53. The molecule has 3 saturated carbocycles. The van der Waals surface area contributed by atoms with Crippen LogP contribution in [-0.4, -0.2) is 12.0 Å². The summed E-state index contributed by atoms with van der Waals surface area (Å²) in [5.41, 5.74) is 0.626. The van der Waals surface area contributed by atoms with E-state index < -0.39 is 0 Å². The van der Waals surface area contributed by atoms with Gasteiger partial charge in [-0.2, -0.15) is 11.8 Å². The van der Waals surface area contributed by atoms with Crippen LogP contribution in [0.4, 0.5) is 0 Å². The van der Waals surface area contributed by atoms with Gasteiger partial charge in [-0.15, -0.1) is 0 Å². The van der Waals surface area contributed by atoms with Gasteiger partial charge < -0.3 is 0 Å². The van der Waals surface area contributed by atoms with Crippen LogP contribution in [0.25, 0.3) is 0 Å². The molecule has 0 saturated heterocycles. The molecule has 0 bridgehead atoms. The van der Waals surface area contributed by atoms with Crippen LogP contribution in [0.5, 0.6) is 0 Å². The van der Waals surface area contributed by atoms with Gasteiger partial charge in [0.05, 0.1) is 0 Å². The smallest absolute Gasteiger partial charge is 0.00418 e. The minimum Gasteiger partial charge on any atom is -0.165 e. The molecule has 0 nitrogen and oxygen atoms in total. The van der Waals surface area contributed by atoms with Gasteiger partial charge in [-0.1, -0.05) is 27.2 Å². The average molecular weight is 281 g/mol. The van der Waals surface area contributed by atoms with E-state index in [0.29, 0.717) is 5.41 Å². The minimum atomic E-state index is 0.626. The molecule has 0 aromatic carbocycles. The SMILES string of the molecule is CSCC1CCC2C3CCC(C)CC3C(C)(C)C2C1. The molecule has 0 aromatic rings. The van der Waals surface area contributed by atoms with Crippen molar-refractivity contribution in [2.75, 3.05) is 12.0 Å². The fraction of sp³-hybridized carbons (Fsp3) is 1.00. The van der Waals surface area contributed by atoms with Crippen molar-refractivity contribution in [2.45, 2.75) is 59.3 Å². The number of hydrogen-bond donors (Lipinski definition) is 0. The van der Waals surface area contributed by atoms with Crippen LogP contribution < -0.4 is 0 Å². The fourth-order valence-corrected chi connectivity index (χ4v) is 6.86. The van der Waals surface area contributed by atoms with Gasteiger partial charge >= 0.3 is 0 Å². The average Bonchev–Trinajstić information content (AvgIpc) is 2.59. The summed E-state index contributed by atoms with van der Waals surface area (Å²) in [5.74, 6) is 7.68. The van der Waals surface area contributed by atoms with Crippen LogP contribution >= 0.6 is 11.8 Å². The largest absolute Gasteiger partial charge is 0.165 e. The lowest BCUT2D eigenvalue weighted by Gasteiger charge is -2.40. The van der Waals surface area contributed by atoms with E-state index in [1.807, 2.05) is 0 Å². The van der Waals surface area contributed by atoms with Crippen molar-refractivity contribution in [3.8, 4) is 0 Å². The van der Waals surface area contributed by atoms with Crippen LogP contribution in [0, 0.1) is 40.9 Å². The molecule has 0 heterocycles. The Labute approximate surface area is 124 Å². The molecule has 0 aliphatic heterocycles. The molecule has 6 unspecified atom stereocenters. The van der Waals surface area contributed by atoms with E-state index in [4.69, 9.17) is 0 Å². The Morgan fingerprint density at radius 3 is 2.26 bits per heavy atom. The molecule has 0 spiro atoms. The summed E-state index contributed by atoms with van der Waals surface area (Å²) < 4.78 is 0. The zero-order chi connectivity index (χ0) is 13.6. The van der Waals surface area contributed by atoms with Crippen molar-refractivity contribution >= 4 is 11.8 Å². The molecule has 3 rings (SSSR count). The summed E-state index contributed by atoms with van der Waals surface area (Å²) in [7, 11) is 0. The summed E-state index contributed by atoms with van der Waals surface area (Å²) in [5, 5.41) is 0. The van der Waals surface area contributed by atoms with Crippen molar-refractivity contribution < 1.29 is 0 Å². The maximum absolute atomic E-state index is 2.62. The standard InChI is InChI=1S/C18H32S/c1-12-5-7-14-15-8-6-13(11-19-4)10-17(15)18(2,3)16(14)9-12/h12-17H,5-11H2,1-4H3. The third-order valence-electron chi connectivity index (χ3n) is 7.04. The second-order valence-electron chi connectivity index (χ2n) is 8.41. The Balaban J connectivity index is 1.79. The second kappa shape index (κ2) is 5.28. The first kappa shape index (κ1) is 14.3. The minimum absolute atomic E-state index is 0.626. The Hall–Kier alpha value is 0.350. The van der Waals surface area contributed by atoms with Crippen LogP contribution in [0.15, 0.2) is 0 Å². The van der Waals surface area contributed by atoms with E-state index in [1.165, 1.54) is 25.0 Å². The van der Waals surface area contributed by atoms with Crippen LogP contribution in [0.2, 0.25) is 0 Å². The first-order valence-corrected chi connectivity index (χ1v) is 9.92. The van der Waals surface area contributed by atoms with E-state index in [9.17, 15) is 0 Å². The highest BCUT2D eigenvalue weighted by atomic mass is 32.2. The monoisotopic (exact) mass is 280 g/mol. The zero-order valence-corrected chi connectivity index (χ0v) is 14.1. The summed E-state index contributed by atoms with van der Waals surface area (Å²) >= 11 is 2.07. The summed E-state index contributed by atoms with van der Waals surface area (Å²) in [6.45, 7) is 7.73. The number of hydrogen-bond acceptors (Lipinski definition) is 1. The summed E-state index contributed by atoms with van der Waals surface area (Å²) in [6.07, 6.45) is 11.5. The molecule has 3 aliphatic carbocycles. The third kappa shape index (κ3) is 2.39. The van der Waals surface area contributed by atoms with Gasteiger partial charge in [-0.05, 0) is 85.0 Å². The van der Waals surface area contributed by atoms with Crippen molar-refractivity contribution in [3.63, 3.8) is 0 Å². The lowest BCUT2D eigenvalue weighted by Crippen LogP contribution is -2.32. The molecule has 0 aromatic heterocycles. The molecule has 0 radical (unpaired) electrons. The topological polar surface area (TPSA) is 0 Å². The second-order valence-corrected chi connectivity index (χ2v) is 9.33. The zero-order valence-electron chi connectivity index (χ0n) is 13.3. The third-order valence-corrected chi connectivity index (χ3v) is 7.85. The Kier molecular flexibility index (Phi) is 3.97. The van der Waals surface area contributed by atoms with Crippen molar-refractivity contribution in [3.05, 3.63) is 0 Å². The summed E-state index contributed by atoms with van der Waals surface area (Å²) in [4.78, 5) is 0. The first-order chi connectivity index (χ1) is 9.04. The van der Waals surface area contributed by atoms with E-state index >= 15 is 0 Å². The van der Waals surface area contributed by atoms with Crippen LogP contribution in [0.1, 0.15) is 59.3 Å². The van der Waals surface area contributed by atoms with E-state index in [-0.39, 0.29) is 0 Å².